The highest BCUT2D eigenvalue weighted by Gasteiger charge is 2.36. The van der Waals surface area contributed by atoms with E-state index in [0.717, 1.165) is 30.4 Å². The molecule has 1 fully saturated rings. The van der Waals surface area contributed by atoms with Crippen molar-refractivity contribution in [2.75, 3.05) is 6.61 Å². The average Bonchev–Trinajstić information content (AvgIpc) is 2.50. The van der Waals surface area contributed by atoms with Crippen LogP contribution in [-0.4, -0.2) is 17.5 Å². The van der Waals surface area contributed by atoms with Crippen LogP contribution in [0.15, 0.2) is 23.3 Å². The maximum absolute atomic E-state index is 11.8. The molecule has 0 aromatic rings. The maximum Gasteiger partial charge on any atom is 0.159 e. The number of aliphatic hydroxyl groups excluding tert-OH is 1. The number of hydrogen-bond acceptors (Lipinski definition) is 2. The number of ketones is 1. The minimum absolute atomic E-state index is 0.0734. The van der Waals surface area contributed by atoms with Crippen LogP contribution in [0.3, 0.4) is 0 Å². The predicted molar refractivity (Wildman–Crippen MR) is 68.5 cm³/mol. The van der Waals surface area contributed by atoms with Crippen molar-refractivity contribution in [1.82, 2.24) is 0 Å². The van der Waals surface area contributed by atoms with Crippen LogP contribution < -0.4 is 0 Å². The zero-order chi connectivity index (χ0) is 12.6. The van der Waals surface area contributed by atoms with Crippen LogP contribution in [0, 0.1) is 17.8 Å². The Morgan fingerprint density at radius 1 is 1.41 bits per heavy atom. The van der Waals surface area contributed by atoms with Crippen molar-refractivity contribution in [3.63, 3.8) is 0 Å². The lowest BCUT2D eigenvalue weighted by Gasteiger charge is -2.18. The summed E-state index contributed by atoms with van der Waals surface area (Å²) in [4.78, 5) is 11.8. The van der Waals surface area contributed by atoms with Crippen LogP contribution in [0.1, 0.15) is 39.5 Å². The lowest BCUT2D eigenvalue weighted by molar-refractivity contribution is -0.115. The van der Waals surface area contributed by atoms with Crippen molar-refractivity contribution in [1.29, 1.82) is 0 Å². The fourth-order valence-electron chi connectivity index (χ4n) is 3.29. The minimum Gasteiger partial charge on any atom is -0.392 e. The lowest BCUT2D eigenvalue weighted by atomic mass is 9.86. The first-order chi connectivity index (χ1) is 8.04. The third kappa shape index (κ3) is 2.23. The van der Waals surface area contributed by atoms with Crippen LogP contribution in [0.5, 0.6) is 0 Å². The molecule has 0 saturated heterocycles. The molecule has 1 N–H and O–H groups in total. The smallest absolute Gasteiger partial charge is 0.159 e. The van der Waals surface area contributed by atoms with Gasteiger partial charge < -0.3 is 5.11 Å². The molecule has 0 radical (unpaired) electrons. The summed E-state index contributed by atoms with van der Waals surface area (Å²) in [7, 11) is 0. The second kappa shape index (κ2) is 4.77. The van der Waals surface area contributed by atoms with Gasteiger partial charge in [-0.15, -0.1) is 0 Å². The summed E-state index contributed by atoms with van der Waals surface area (Å²) in [6, 6.07) is 0. The van der Waals surface area contributed by atoms with Gasteiger partial charge in [0.1, 0.15) is 0 Å². The fourth-order valence-corrected chi connectivity index (χ4v) is 3.29. The molecule has 2 nitrogen and oxygen atoms in total. The van der Waals surface area contributed by atoms with Gasteiger partial charge in [-0.3, -0.25) is 4.79 Å². The van der Waals surface area contributed by atoms with E-state index in [9.17, 15) is 9.90 Å². The minimum atomic E-state index is 0.0734. The number of fused-ring (bicyclic) bond motifs is 1. The molecule has 94 valence electrons. The van der Waals surface area contributed by atoms with Gasteiger partial charge in [0.2, 0.25) is 0 Å². The SMILES string of the molecule is C=C(CO)[C@@H]1CC[C@H](C)[C@@H]2CC(=O)C(C)=C2C1. The summed E-state index contributed by atoms with van der Waals surface area (Å²) in [6.45, 7) is 8.26. The molecular weight excluding hydrogens is 212 g/mol. The number of carbonyl (C=O) groups excluding carboxylic acids is 1. The zero-order valence-corrected chi connectivity index (χ0v) is 10.8. The van der Waals surface area contributed by atoms with E-state index in [0.29, 0.717) is 30.0 Å². The number of allylic oxidation sites excluding steroid dienone is 2. The van der Waals surface area contributed by atoms with Crippen molar-refractivity contribution in [2.24, 2.45) is 17.8 Å². The Balaban J connectivity index is 2.27. The predicted octanol–water partition coefficient (Wildman–Crippen LogP) is 2.88. The highest BCUT2D eigenvalue weighted by molar-refractivity contribution is 5.98. The summed E-state index contributed by atoms with van der Waals surface area (Å²) in [6.07, 6.45) is 3.88. The molecule has 2 aliphatic rings. The number of rotatable bonds is 2. The van der Waals surface area contributed by atoms with E-state index in [-0.39, 0.29) is 6.61 Å². The third-order valence-electron chi connectivity index (χ3n) is 4.66. The van der Waals surface area contributed by atoms with E-state index >= 15 is 0 Å². The Morgan fingerprint density at radius 2 is 2.12 bits per heavy atom. The van der Waals surface area contributed by atoms with Crippen LogP contribution in [0.2, 0.25) is 0 Å². The van der Waals surface area contributed by atoms with Crippen LogP contribution in [0.4, 0.5) is 0 Å². The largest absolute Gasteiger partial charge is 0.392 e. The van der Waals surface area contributed by atoms with Gasteiger partial charge >= 0.3 is 0 Å². The molecule has 0 spiro atoms. The molecule has 0 aromatic heterocycles. The van der Waals surface area contributed by atoms with Gasteiger partial charge in [0.05, 0.1) is 6.61 Å². The quantitative estimate of drug-likeness (QED) is 0.746. The number of carbonyl (C=O) groups is 1. The molecule has 2 rings (SSSR count). The van der Waals surface area contributed by atoms with Crippen molar-refractivity contribution in [3.8, 4) is 0 Å². The Hall–Kier alpha value is -0.890. The molecule has 0 heterocycles. The molecule has 0 bridgehead atoms. The summed E-state index contributed by atoms with van der Waals surface area (Å²) in [5.41, 5.74) is 3.26. The third-order valence-corrected chi connectivity index (χ3v) is 4.66. The Kier molecular flexibility index (Phi) is 3.53. The standard InChI is InChI=1S/C15H22O2/c1-9-4-5-12(10(2)8-16)6-14-11(3)15(17)7-13(9)14/h9,12-13,16H,2,4-8H2,1,3H3/t9-,12+,13-/m0/s1. The van der Waals surface area contributed by atoms with Crippen molar-refractivity contribution in [3.05, 3.63) is 23.3 Å². The van der Waals surface area contributed by atoms with Gasteiger partial charge in [0.15, 0.2) is 5.78 Å². The number of Topliss-reactive ketones (excluding diaryl/α,β-unsaturated/α-hetero) is 1. The molecule has 0 aromatic carbocycles. The topological polar surface area (TPSA) is 37.3 Å². The van der Waals surface area contributed by atoms with Gasteiger partial charge in [-0.2, -0.15) is 0 Å². The van der Waals surface area contributed by atoms with Gasteiger partial charge in [0.25, 0.3) is 0 Å². The molecule has 2 heteroatoms. The molecule has 0 amide bonds. The fraction of sp³-hybridized carbons (Fsp3) is 0.667. The van der Waals surface area contributed by atoms with Crippen molar-refractivity contribution in [2.45, 2.75) is 39.5 Å². The average molecular weight is 234 g/mol. The first kappa shape index (κ1) is 12.6. The van der Waals surface area contributed by atoms with Crippen molar-refractivity contribution < 1.29 is 9.90 Å². The first-order valence-corrected chi connectivity index (χ1v) is 6.56. The van der Waals surface area contributed by atoms with Crippen molar-refractivity contribution >= 4 is 5.78 Å². The Labute approximate surface area is 103 Å². The molecule has 2 aliphatic carbocycles. The summed E-state index contributed by atoms with van der Waals surface area (Å²) in [5.74, 6) is 1.73. The number of aliphatic hydroxyl groups is 1. The molecule has 0 unspecified atom stereocenters. The maximum atomic E-state index is 11.8. The molecule has 0 aliphatic heterocycles. The van der Waals surface area contributed by atoms with E-state index in [2.05, 4.69) is 13.5 Å². The normalized spacial score (nSPS) is 33.6. The molecule has 3 atom stereocenters. The second-order valence-corrected chi connectivity index (χ2v) is 5.66. The molecule has 1 saturated carbocycles. The monoisotopic (exact) mass is 234 g/mol. The Bertz CT molecular complexity index is 378. The molecule has 17 heavy (non-hydrogen) atoms. The molecular formula is C15H22O2. The van der Waals surface area contributed by atoms with E-state index < -0.39 is 0 Å². The van der Waals surface area contributed by atoms with Gasteiger partial charge in [-0.1, -0.05) is 19.1 Å². The van der Waals surface area contributed by atoms with Gasteiger partial charge in [-0.25, -0.2) is 0 Å². The van der Waals surface area contributed by atoms with E-state index in [1.54, 1.807) is 0 Å². The highest BCUT2D eigenvalue weighted by Crippen LogP contribution is 2.44. The number of hydrogen-bond donors (Lipinski definition) is 1. The summed E-state index contributed by atoms with van der Waals surface area (Å²) in [5, 5.41) is 9.22. The van der Waals surface area contributed by atoms with Gasteiger partial charge in [-0.05, 0) is 55.1 Å². The highest BCUT2D eigenvalue weighted by atomic mass is 16.3. The van der Waals surface area contributed by atoms with E-state index in [4.69, 9.17) is 0 Å². The van der Waals surface area contributed by atoms with Crippen LogP contribution >= 0.6 is 0 Å². The zero-order valence-electron chi connectivity index (χ0n) is 10.8. The van der Waals surface area contributed by atoms with Gasteiger partial charge in [0, 0.05) is 6.42 Å². The van der Waals surface area contributed by atoms with E-state index in [1.807, 2.05) is 6.92 Å². The Morgan fingerprint density at radius 3 is 2.76 bits per heavy atom. The van der Waals surface area contributed by atoms with Crippen LogP contribution in [0.25, 0.3) is 0 Å². The van der Waals surface area contributed by atoms with E-state index in [1.165, 1.54) is 5.57 Å². The lowest BCUT2D eigenvalue weighted by Crippen LogP contribution is -2.10. The summed E-state index contributed by atoms with van der Waals surface area (Å²) >= 11 is 0. The second-order valence-electron chi connectivity index (χ2n) is 5.66. The summed E-state index contributed by atoms with van der Waals surface area (Å²) < 4.78 is 0. The van der Waals surface area contributed by atoms with Crippen LogP contribution in [-0.2, 0) is 4.79 Å². The first-order valence-electron chi connectivity index (χ1n) is 6.56.